The highest BCUT2D eigenvalue weighted by Crippen LogP contribution is 2.18. The molecule has 0 N–H and O–H groups in total. The molecule has 0 radical (unpaired) electrons. The summed E-state index contributed by atoms with van der Waals surface area (Å²) in [5, 5.41) is 18.8. The summed E-state index contributed by atoms with van der Waals surface area (Å²) in [6.45, 7) is 0.619. The maximum Gasteiger partial charge on any atom is 0.269 e. The topological polar surface area (TPSA) is 70.2 Å². The lowest BCUT2D eigenvalue weighted by molar-refractivity contribution is -0.384. The van der Waals surface area contributed by atoms with E-state index in [4.69, 9.17) is 5.26 Å². The van der Waals surface area contributed by atoms with Gasteiger partial charge in [-0.15, -0.1) is 0 Å². The van der Waals surface area contributed by atoms with Gasteiger partial charge in [-0.3, -0.25) is 10.1 Å². The summed E-state index contributed by atoms with van der Waals surface area (Å²) in [6, 6.07) is 8.31. The van der Waals surface area contributed by atoms with Gasteiger partial charge in [0.25, 0.3) is 5.69 Å². The molecule has 0 bridgehead atoms. The van der Waals surface area contributed by atoms with Gasteiger partial charge >= 0.3 is 0 Å². The van der Waals surface area contributed by atoms with Crippen LogP contribution in [0.4, 0.5) is 11.4 Å². The first kappa shape index (κ1) is 11.0. The van der Waals surface area contributed by atoms with E-state index >= 15 is 0 Å². The van der Waals surface area contributed by atoms with Crippen molar-refractivity contribution in [3.8, 4) is 6.07 Å². The summed E-state index contributed by atoms with van der Waals surface area (Å²) in [5.41, 5.74) is 0.947. The molecule has 0 saturated heterocycles. The highest BCUT2D eigenvalue weighted by atomic mass is 16.6. The van der Waals surface area contributed by atoms with Crippen molar-refractivity contribution in [3.05, 3.63) is 34.4 Å². The van der Waals surface area contributed by atoms with Gasteiger partial charge in [-0.25, -0.2) is 0 Å². The third-order valence-electron chi connectivity index (χ3n) is 2.06. The normalized spacial score (nSPS) is 9.33. The molecule has 0 fully saturated rings. The molecule has 0 saturated carbocycles. The average Bonchev–Trinajstić information content (AvgIpc) is 2.26. The molecular formula is C10H11N3O2. The molecule has 1 aromatic carbocycles. The van der Waals surface area contributed by atoms with Gasteiger partial charge in [0.2, 0.25) is 0 Å². The molecule has 5 nitrogen and oxygen atoms in total. The van der Waals surface area contributed by atoms with Crippen LogP contribution in [-0.4, -0.2) is 18.5 Å². The minimum absolute atomic E-state index is 0.0763. The first-order valence-electron chi connectivity index (χ1n) is 4.47. The molecule has 0 aliphatic heterocycles. The van der Waals surface area contributed by atoms with Crippen molar-refractivity contribution < 1.29 is 4.92 Å². The molecule has 0 aliphatic rings. The zero-order chi connectivity index (χ0) is 11.3. The molecule has 5 heteroatoms. The monoisotopic (exact) mass is 205 g/mol. The Morgan fingerprint density at radius 1 is 1.47 bits per heavy atom. The summed E-state index contributed by atoms with van der Waals surface area (Å²) in [5.74, 6) is 0. The lowest BCUT2D eigenvalue weighted by Gasteiger charge is -2.16. The van der Waals surface area contributed by atoms with E-state index < -0.39 is 4.92 Å². The number of nitro benzene ring substituents is 1. The van der Waals surface area contributed by atoms with Crippen molar-refractivity contribution in [1.82, 2.24) is 0 Å². The molecular weight excluding hydrogens is 194 g/mol. The Morgan fingerprint density at radius 3 is 2.53 bits per heavy atom. The number of non-ortho nitro benzene ring substituents is 1. The first-order valence-corrected chi connectivity index (χ1v) is 4.47. The van der Waals surface area contributed by atoms with E-state index in [-0.39, 0.29) is 5.69 Å². The molecule has 0 unspecified atom stereocenters. The number of rotatable bonds is 4. The van der Waals surface area contributed by atoms with Crippen LogP contribution >= 0.6 is 0 Å². The van der Waals surface area contributed by atoms with Gasteiger partial charge in [0, 0.05) is 31.4 Å². The SMILES string of the molecule is CN(CCC#N)c1ccc([N+](=O)[O-])cc1. The zero-order valence-corrected chi connectivity index (χ0v) is 8.38. The van der Waals surface area contributed by atoms with Gasteiger partial charge in [0.15, 0.2) is 0 Å². The minimum atomic E-state index is -0.431. The van der Waals surface area contributed by atoms with E-state index in [9.17, 15) is 10.1 Å². The van der Waals surface area contributed by atoms with Crippen LogP contribution in [0, 0.1) is 21.4 Å². The van der Waals surface area contributed by atoms with Crippen LogP contribution in [0.25, 0.3) is 0 Å². The Balaban J connectivity index is 2.71. The van der Waals surface area contributed by atoms with Crippen LogP contribution in [0.2, 0.25) is 0 Å². The smallest absolute Gasteiger partial charge is 0.269 e. The molecule has 1 aromatic rings. The lowest BCUT2D eigenvalue weighted by Crippen LogP contribution is -2.17. The summed E-state index contributed by atoms with van der Waals surface area (Å²) in [6.07, 6.45) is 0.438. The van der Waals surface area contributed by atoms with Gasteiger partial charge in [0.05, 0.1) is 17.4 Å². The fourth-order valence-electron chi connectivity index (χ4n) is 1.18. The molecule has 0 spiro atoms. The van der Waals surface area contributed by atoms with Gasteiger partial charge in [-0.05, 0) is 12.1 Å². The molecule has 0 heterocycles. The van der Waals surface area contributed by atoms with Gasteiger partial charge in [-0.1, -0.05) is 0 Å². The summed E-state index contributed by atoms with van der Waals surface area (Å²) in [4.78, 5) is 11.9. The highest BCUT2D eigenvalue weighted by Gasteiger charge is 2.05. The van der Waals surface area contributed by atoms with Crippen molar-refractivity contribution in [3.63, 3.8) is 0 Å². The fourth-order valence-corrected chi connectivity index (χ4v) is 1.18. The lowest BCUT2D eigenvalue weighted by atomic mass is 10.2. The predicted octanol–water partition coefficient (Wildman–Crippen LogP) is 1.94. The molecule has 0 atom stereocenters. The third-order valence-corrected chi connectivity index (χ3v) is 2.06. The second kappa shape index (κ2) is 4.96. The Kier molecular flexibility index (Phi) is 3.63. The number of hydrogen-bond donors (Lipinski definition) is 0. The van der Waals surface area contributed by atoms with E-state index in [1.54, 1.807) is 12.1 Å². The quantitative estimate of drug-likeness (QED) is 0.556. The maximum absolute atomic E-state index is 10.4. The van der Waals surface area contributed by atoms with Crippen molar-refractivity contribution in [1.29, 1.82) is 5.26 Å². The third kappa shape index (κ3) is 2.95. The number of benzene rings is 1. The van der Waals surface area contributed by atoms with Crippen LogP contribution in [0.3, 0.4) is 0 Å². The second-order valence-corrected chi connectivity index (χ2v) is 3.10. The second-order valence-electron chi connectivity index (χ2n) is 3.10. The fraction of sp³-hybridized carbons (Fsp3) is 0.300. The van der Waals surface area contributed by atoms with Gasteiger partial charge in [-0.2, -0.15) is 5.26 Å². The van der Waals surface area contributed by atoms with Crippen LogP contribution < -0.4 is 4.90 Å². The molecule has 15 heavy (non-hydrogen) atoms. The summed E-state index contributed by atoms with van der Waals surface area (Å²) < 4.78 is 0. The molecule has 78 valence electrons. The molecule has 0 aromatic heterocycles. The number of nitrogens with zero attached hydrogens (tertiary/aromatic N) is 3. The van der Waals surface area contributed by atoms with E-state index in [0.717, 1.165) is 5.69 Å². The standard InChI is InChI=1S/C10H11N3O2/c1-12(8-2-7-11)9-3-5-10(6-4-9)13(14)15/h3-6H,2,8H2,1H3. The van der Waals surface area contributed by atoms with Crippen molar-refractivity contribution in [2.75, 3.05) is 18.5 Å². The van der Waals surface area contributed by atoms with Crippen molar-refractivity contribution >= 4 is 11.4 Å². The Hall–Kier alpha value is -2.09. The van der Waals surface area contributed by atoms with E-state index in [0.29, 0.717) is 13.0 Å². The number of hydrogen-bond acceptors (Lipinski definition) is 4. The van der Waals surface area contributed by atoms with Crippen LogP contribution in [0.15, 0.2) is 24.3 Å². The number of nitro groups is 1. The largest absolute Gasteiger partial charge is 0.374 e. The van der Waals surface area contributed by atoms with E-state index in [2.05, 4.69) is 0 Å². The van der Waals surface area contributed by atoms with E-state index in [1.807, 2.05) is 18.0 Å². The molecule has 0 aliphatic carbocycles. The van der Waals surface area contributed by atoms with Crippen molar-refractivity contribution in [2.45, 2.75) is 6.42 Å². The Bertz CT molecular complexity index is 381. The van der Waals surface area contributed by atoms with Crippen molar-refractivity contribution in [2.24, 2.45) is 0 Å². The number of nitriles is 1. The Morgan fingerprint density at radius 2 is 2.07 bits per heavy atom. The Labute approximate surface area is 87.7 Å². The minimum Gasteiger partial charge on any atom is -0.374 e. The molecule has 1 rings (SSSR count). The zero-order valence-electron chi connectivity index (χ0n) is 8.38. The highest BCUT2D eigenvalue weighted by molar-refractivity contribution is 5.50. The predicted molar refractivity (Wildman–Crippen MR) is 56.6 cm³/mol. The van der Waals surface area contributed by atoms with Gasteiger partial charge < -0.3 is 4.90 Å². The van der Waals surface area contributed by atoms with E-state index in [1.165, 1.54) is 12.1 Å². The van der Waals surface area contributed by atoms with Crippen LogP contribution in [0.5, 0.6) is 0 Å². The molecule has 0 amide bonds. The van der Waals surface area contributed by atoms with Crippen LogP contribution in [-0.2, 0) is 0 Å². The first-order chi connectivity index (χ1) is 7.15. The summed E-state index contributed by atoms with van der Waals surface area (Å²) in [7, 11) is 1.85. The summed E-state index contributed by atoms with van der Waals surface area (Å²) >= 11 is 0. The van der Waals surface area contributed by atoms with Gasteiger partial charge in [0.1, 0.15) is 0 Å². The average molecular weight is 205 g/mol. The number of anilines is 1. The maximum atomic E-state index is 10.4. The van der Waals surface area contributed by atoms with Crippen LogP contribution in [0.1, 0.15) is 6.42 Å².